The lowest BCUT2D eigenvalue weighted by atomic mass is 9.76. The van der Waals surface area contributed by atoms with Crippen molar-refractivity contribution in [3.63, 3.8) is 0 Å². The van der Waals surface area contributed by atoms with Gasteiger partial charge < -0.3 is 4.90 Å². The summed E-state index contributed by atoms with van der Waals surface area (Å²) in [5.41, 5.74) is 5.04. The molecule has 2 aliphatic heterocycles. The van der Waals surface area contributed by atoms with Gasteiger partial charge in [0, 0.05) is 65.1 Å². The van der Waals surface area contributed by atoms with Crippen LogP contribution in [0.25, 0.3) is 0 Å². The minimum Gasteiger partial charge on any atom is -0.342 e. The van der Waals surface area contributed by atoms with E-state index in [1.54, 1.807) is 0 Å². The van der Waals surface area contributed by atoms with E-state index in [9.17, 15) is 9.59 Å². The van der Waals surface area contributed by atoms with E-state index in [4.69, 9.17) is 16.6 Å². The summed E-state index contributed by atoms with van der Waals surface area (Å²) in [5, 5.41) is 0.754. The maximum Gasteiger partial charge on any atom is 0.236 e. The highest BCUT2D eigenvalue weighted by molar-refractivity contribution is 9.10. The Kier molecular flexibility index (Phi) is 7.45. The Morgan fingerprint density at radius 1 is 1.00 bits per heavy atom. The zero-order chi connectivity index (χ0) is 23.8. The molecule has 0 spiro atoms. The third kappa shape index (κ3) is 5.13. The van der Waals surface area contributed by atoms with Gasteiger partial charge in [0.05, 0.1) is 12.2 Å². The fourth-order valence-corrected chi connectivity index (χ4v) is 7.26. The molecule has 8 heteroatoms. The number of benzene rings is 1. The van der Waals surface area contributed by atoms with Crippen LogP contribution in [-0.2, 0) is 22.4 Å². The quantitative estimate of drug-likeness (QED) is 0.468. The van der Waals surface area contributed by atoms with Crippen molar-refractivity contribution in [1.29, 1.82) is 0 Å². The van der Waals surface area contributed by atoms with E-state index in [0.29, 0.717) is 44.2 Å². The number of aromatic nitrogens is 1. The smallest absolute Gasteiger partial charge is 0.236 e. The number of aryl methyl sites for hydroxylation is 2. The number of fused-ring (bicyclic) bond motifs is 2. The summed E-state index contributed by atoms with van der Waals surface area (Å²) in [6.07, 6.45) is 6.80. The minimum atomic E-state index is 0.178. The van der Waals surface area contributed by atoms with Gasteiger partial charge in [-0.3, -0.25) is 19.5 Å². The fourth-order valence-electron chi connectivity index (χ4n) is 5.76. The van der Waals surface area contributed by atoms with E-state index in [0.717, 1.165) is 58.4 Å². The molecule has 2 aromatic rings. The lowest BCUT2D eigenvalue weighted by Crippen LogP contribution is -2.46. The van der Waals surface area contributed by atoms with E-state index >= 15 is 0 Å². The van der Waals surface area contributed by atoms with Crippen LogP contribution >= 0.6 is 43.5 Å². The molecule has 1 amide bonds. The van der Waals surface area contributed by atoms with E-state index in [1.165, 1.54) is 16.7 Å². The normalized spacial score (nSPS) is 21.7. The van der Waals surface area contributed by atoms with Gasteiger partial charge in [0.25, 0.3) is 0 Å². The summed E-state index contributed by atoms with van der Waals surface area (Å²) in [4.78, 5) is 33.5. The molecular formula is C26H28Br2ClN3O2. The van der Waals surface area contributed by atoms with Crippen LogP contribution in [0.4, 0.5) is 0 Å². The molecule has 1 aromatic carbocycles. The molecule has 0 N–H and O–H groups in total. The number of hydrogen-bond acceptors (Lipinski definition) is 4. The van der Waals surface area contributed by atoms with Crippen molar-refractivity contribution < 1.29 is 9.59 Å². The number of Topliss-reactive ketones (excluding diaryl/α,β-unsaturated/α-hetero) is 1. The van der Waals surface area contributed by atoms with Crippen LogP contribution in [0, 0.1) is 5.92 Å². The van der Waals surface area contributed by atoms with Crippen LogP contribution in [0.3, 0.4) is 0 Å². The Morgan fingerprint density at radius 3 is 2.44 bits per heavy atom. The van der Waals surface area contributed by atoms with Crippen LogP contribution in [0.1, 0.15) is 54.0 Å². The van der Waals surface area contributed by atoms with Crippen molar-refractivity contribution in [2.75, 3.05) is 32.7 Å². The summed E-state index contributed by atoms with van der Waals surface area (Å²) >= 11 is 13.8. The average Bonchev–Trinajstić information content (AvgIpc) is 2.97. The van der Waals surface area contributed by atoms with Crippen LogP contribution < -0.4 is 0 Å². The number of nitrogens with zero attached hydrogens (tertiary/aromatic N) is 3. The molecule has 0 radical (unpaired) electrons. The highest BCUT2D eigenvalue weighted by atomic mass is 79.9. The van der Waals surface area contributed by atoms with Gasteiger partial charge in [0.2, 0.25) is 5.91 Å². The zero-order valence-corrected chi connectivity index (χ0v) is 23.0. The highest BCUT2D eigenvalue weighted by Gasteiger charge is 2.36. The predicted octanol–water partition coefficient (Wildman–Crippen LogP) is 5.39. The minimum absolute atomic E-state index is 0.178. The monoisotopic (exact) mass is 607 g/mol. The Labute approximate surface area is 222 Å². The summed E-state index contributed by atoms with van der Waals surface area (Å²) in [6, 6.07) is 6.32. The first kappa shape index (κ1) is 24.4. The number of rotatable bonds is 3. The van der Waals surface area contributed by atoms with E-state index < -0.39 is 0 Å². The number of halogens is 3. The molecule has 1 atom stereocenters. The molecule has 3 heterocycles. The predicted molar refractivity (Wildman–Crippen MR) is 140 cm³/mol. The first-order chi connectivity index (χ1) is 16.4. The molecule has 3 aliphatic rings. The Morgan fingerprint density at radius 2 is 1.71 bits per heavy atom. The van der Waals surface area contributed by atoms with Crippen LogP contribution in [-0.4, -0.2) is 59.2 Å². The third-order valence-electron chi connectivity index (χ3n) is 7.55. The second-order valence-corrected chi connectivity index (χ2v) is 11.9. The first-order valence-electron chi connectivity index (χ1n) is 12.0. The summed E-state index contributed by atoms with van der Waals surface area (Å²) in [5.74, 6) is 1.07. The molecule has 0 unspecified atom stereocenters. The molecule has 34 heavy (non-hydrogen) atoms. The fraction of sp³-hybridized carbons (Fsp3) is 0.500. The second kappa shape index (κ2) is 10.4. The molecule has 1 aliphatic carbocycles. The van der Waals surface area contributed by atoms with Gasteiger partial charge in [0.15, 0.2) is 0 Å². The van der Waals surface area contributed by atoms with Crippen molar-refractivity contribution in [2.24, 2.45) is 5.92 Å². The summed E-state index contributed by atoms with van der Waals surface area (Å²) in [6.45, 7) is 3.36. The molecule has 5 nitrogen and oxygen atoms in total. The van der Waals surface area contributed by atoms with Crippen molar-refractivity contribution in [1.82, 2.24) is 14.8 Å². The highest BCUT2D eigenvalue weighted by Crippen LogP contribution is 2.46. The van der Waals surface area contributed by atoms with Crippen molar-refractivity contribution in [2.45, 2.75) is 44.4 Å². The number of likely N-dealkylation sites (tertiary alicyclic amines) is 2. The Bertz CT molecular complexity index is 1110. The van der Waals surface area contributed by atoms with Gasteiger partial charge in [-0.2, -0.15) is 0 Å². The first-order valence-corrected chi connectivity index (χ1v) is 14.0. The number of piperidine rings is 2. The molecular weight excluding hydrogens is 582 g/mol. The maximum absolute atomic E-state index is 13.0. The van der Waals surface area contributed by atoms with Gasteiger partial charge in [0.1, 0.15) is 5.78 Å². The largest absolute Gasteiger partial charge is 0.342 e. The third-order valence-corrected chi connectivity index (χ3v) is 8.86. The number of pyridine rings is 1. The molecule has 0 bridgehead atoms. The number of ketones is 1. The van der Waals surface area contributed by atoms with Gasteiger partial charge >= 0.3 is 0 Å². The van der Waals surface area contributed by atoms with E-state index in [-0.39, 0.29) is 11.8 Å². The molecule has 1 aromatic heterocycles. The summed E-state index contributed by atoms with van der Waals surface area (Å²) < 4.78 is 2.06. The van der Waals surface area contributed by atoms with Crippen molar-refractivity contribution in [3.05, 3.63) is 60.7 Å². The van der Waals surface area contributed by atoms with Gasteiger partial charge in [-0.25, -0.2) is 0 Å². The average molecular weight is 610 g/mol. The van der Waals surface area contributed by atoms with Crippen LogP contribution in [0.15, 0.2) is 33.3 Å². The number of hydrogen-bond donors (Lipinski definition) is 0. The van der Waals surface area contributed by atoms with Crippen LogP contribution in [0.2, 0.25) is 5.02 Å². The maximum atomic E-state index is 13.0. The Hall–Kier alpha value is -1.28. The lowest BCUT2D eigenvalue weighted by Gasteiger charge is -2.38. The van der Waals surface area contributed by atoms with Crippen molar-refractivity contribution >= 4 is 55.2 Å². The van der Waals surface area contributed by atoms with E-state index in [2.05, 4.69) is 48.9 Å². The number of amides is 1. The van der Waals surface area contributed by atoms with Crippen LogP contribution in [0.5, 0.6) is 0 Å². The van der Waals surface area contributed by atoms with E-state index in [1.807, 2.05) is 17.2 Å². The molecule has 0 saturated carbocycles. The summed E-state index contributed by atoms with van der Waals surface area (Å²) in [7, 11) is 0. The second-order valence-electron chi connectivity index (χ2n) is 9.67. The van der Waals surface area contributed by atoms with Gasteiger partial charge in [-0.15, -0.1) is 0 Å². The molecule has 180 valence electrons. The van der Waals surface area contributed by atoms with Gasteiger partial charge in [-0.1, -0.05) is 27.5 Å². The topological polar surface area (TPSA) is 53.5 Å². The zero-order valence-electron chi connectivity index (χ0n) is 19.0. The standard InChI is InChI=1S/C26H28Br2ClN3O2/c27-19-11-18-2-1-17-12-20(29)13-22(28)24(17)25(26(18)30-14-19)16-3-9-32(10-4-16)23(34)15-31-7-5-21(33)6-8-31/h11-14,16,25H,1-10,15H2/t25-/m1/s1. The van der Waals surface area contributed by atoms with Crippen molar-refractivity contribution in [3.8, 4) is 0 Å². The number of carbonyl (C=O) groups is 2. The molecule has 5 rings (SSSR count). The molecule has 2 fully saturated rings. The van der Waals surface area contributed by atoms with Gasteiger partial charge in [-0.05, 0) is 82.4 Å². The molecule has 2 saturated heterocycles. The SMILES string of the molecule is O=C1CCN(CC(=O)N2CCC([C@H]3c4ncc(Br)cc4CCc4cc(Cl)cc(Br)c43)CC2)CC1. The number of carbonyl (C=O) groups excluding carboxylic acids is 2. The lowest BCUT2D eigenvalue weighted by molar-refractivity contribution is -0.135. The Balaban J connectivity index is 1.36.